The summed E-state index contributed by atoms with van der Waals surface area (Å²) in [6, 6.07) is 45.3. The van der Waals surface area contributed by atoms with Crippen LogP contribution in [0.2, 0.25) is 0 Å². The van der Waals surface area contributed by atoms with Crippen molar-refractivity contribution >= 4 is 55.4 Å². The van der Waals surface area contributed by atoms with Gasteiger partial charge in [-0.15, -0.1) is 0 Å². The van der Waals surface area contributed by atoms with Gasteiger partial charge in [-0.1, -0.05) is 97.1 Å². The van der Waals surface area contributed by atoms with E-state index in [1.165, 1.54) is 10.8 Å². The molecule has 6 N–H and O–H groups in total. The van der Waals surface area contributed by atoms with E-state index in [2.05, 4.69) is 64.5 Å². The fourth-order valence-electron chi connectivity index (χ4n) is 7.59. The van der Waals surface area contributed by atoms with Crippen molar-refractivity contribution in [2.45, 2.75) is 6.17 Å². The predicted molar refractivity (Wildman–Crippen MR) is 214 cm³/mol. The van der Waals surface area contributed by atoms with Gasteiger partial charge in [-0.2, -0.15) is 0 Å². The molecule has 10 rings (SSSR count). The van der Waals surface area contributed by atoms with Crippen LogP contribution in [0.5, 0.6) is 28.7 Å². The third-order valence-electron chi connectivity index (χ3n) is 10.2. The molecule has 3 heterocycles. The van der Waals surface area contributed by atoms with E-state index in [0.29, 0.717) is 17.2 Å². The molecule has 9 aromatic rings. The van der Waals surface area contributed by atoms with Crippen molar-refractivity contribution in [3.05, 3.63) is 156 Å². The number of fused-ring (bicyclic) bond motifs is 6. The molecule has 0 aliphatic carbocycles. The molecule has 10 heteroatoms. The molecule has 0 fully saturated rings. The van der Waals surface area contributed by atoms with Crippen molar-refractivity contribution in [2.24, 2.45) is 9.98 Å². The summed E-state index contributed by atoms with van der Waals surface area (Å²) in [6.07, 6.45) is -0.519. The van der Waals surface area contributed by atoms with Crippen LogP contribution < -0.4 is 5.32 Å². The average molecular weight is 723 g/mol. The van der Waals surface area contributed by atoms with Crippen molar-refractivity contribution in [3.63, 3.8) is 0 Å². The first-order chi connectivity index (χ1) is 26.9. The van der Waals surface area contributed by atoms with Crippen LogP contribution in [-0.4, -0.2) is 41.8 Å². The summed E-state index contributed by atoms with van der Waals surface area (Å²) in [7, 11) is 0. The molecular weight excluding hydrogens is 693 g/mol. The Balaban J connectivity index is 1.11. The van der Waals surface area contributed by atoms with Gasteiger partial charge in [0, 0.05) is 32.7 Å². The first kappa shape index (κ1) is 32.0. The Bertz CT molecular complexity index is 3010. The van der Waals surface area contributed by atoms with E-state index in [4.69, 9.17) is 14.4 Å². The van der Waals surface area contributed by atoms with E-state index in [1.807, 2.05) is 60.7 Å². The zero-order valence-electron chi connectivity index (χ0n) is 28.8. The van der Waals surface area contributed by atoms with Crippen LogP contribution in [0.4, 0.5) is 0 Å². The number of amidine groups is 2. The Kier molecular flexibility index (Phi) is 7.08. The zero-order chi connectivity index (χ0) is 37.4. The summed E-state index contributed by atoms with van der Waals surface area (Å²) in [4.78, 5) is 9.93. The molecule has 1 atom stereocenters. The van der Waals surface area contributed by atoms with Crippen LogP contribution >= 0.6 is 0 Å². The molecule has 55 heavy (non-hydrogen) atoms. The molecule has 0 amide bonds. The Morgan fingerprint density at radius 2 is 1.15 bits per heavy atom. The van der Waals surface area contributed by atoms with Crippen LogP contribution in [0, 0.1) is 0 Å². The minimum absolute atomic E-state index is 0.248. The lowest BCUT2D eigenvalue weighted by atomic mass is 9.99. The number of phenols is 5. The lowest BCUT2D eigenvalue weighted by molar-refractivity contribution is 0.330. The van der Waals surface area contributed by atoms with Crippen molar-refractivity contribution in [2.75, 3.05) is 0 Å². The second-order valence-electron chi connectivity index (χ2n) is 13.4. The number of hydrogen-bond donors (Lipinski definition) is 6. The van der Waals surface area contributed by atoms with Crippen LogP contribution in [0.15, 0.2) is 154 Å². The largest absolute Gasteiger partial charge is 0.504 e. The molecule has 0 radical (unpaired) electrons. The van der Waals surface area contributed by atoms with Gasteiger partial charge in [0.2, 0.25) is 17.2 Å². The van der Waals surface area contributed by atoms with Crippen LogP contribution in [0.3, 0.4) is 0 Å². The highest BCUT2D eigenvalue weighted by Gasteiger charge is 2.26. The molecule has 1 aliphatic rings. The van der Waals surface area contributed by atoms with E-state index in [0.717, 1.165) is 49.8 Å². The molecule has 2 aromatic heterocycles. The van der Waals surface area contributed by atoms with Gasteiger partial charge in [-0.25, -0.2) is 9.98 Å². The normalized spacial score (nSPS) is 14.4. The molecule has 266 valence electrons. The van der Waals surface area contributed by atoms with Crippen LogP contribution in [-0.2, 0) is 0 Å². The Labute approximate surface area is 312 Å². The Hall–Kier alpha value is -7.72. The number of aromatic nitrogens is 1. The van der Waals surface area contributed by atoms with E-state index in [1.54, 1.807) is 24.3 Å². The number of nitrogens with one attached hydrogen (secondary N) is 1. The number of rotatable bonds is 5. The second kappa shape index (κ2) is 12.2. The average Bonchev–Trinajstić information content (AvgIpc) is 3.78. The lowest BCUT2D eigenvalue weighted by Gasteiger charge is -2.24. The van der Waals surface area contributed by atoms with Gasteiger partial charge in [-0.3, -0.25) is 0 Å². The minimum Gasteiger partial charge on any atom is -0.504 e. The van der Waals surface area contributed by atoms with Crippen LogP contribution in [0.25, 0.3) is 60.6 Å². The molecule has 0 bridgehead atoms. The SMILES string of the molecule is Oc1c(O)c(O)c(-c2cccc(C3=NC(c4ccccc4)NC(c4ccc5oc6c(-n7c8ccccc8c8ccccc87)cccc6c5c4)=N3)c2)c(O)c1O. The minimum atomic E-state index is -1.03. The summed E-state index contributed by atoms with van der Waals surface area (Å²) < 4.78 is 8.88. The molecule has 0 saturated carbocycles. The van der Waals surface area contributed by atoms with E-state index >= 15 is 0 Å². The highest BCUT2D eigenvalue weighted by atomic mass is 16.4. The summed E-state index contributed by atoms with van der Waals surface area (Å²) in [5, 5.41) is 59.5. The van der Waals surface area contributed by atoms with Gasteiger partial charge in [0.1, 0.15) is 17.6 Å². The van der Waals surface area contributed by atoms with Crippen LogP contribution in [0.1, 0.15) is 22.9 Å². The number of aromatic hydroxyl groups is 5. The molecule has 10 nitrogen and oxygen atoms in total. The molecule has 1 aliphatic heterocycles. The highest BCUT2D eigenvalue weighted by molar-refractivity contribution is 6.17. The summed E-state index contributed by atoms with van der Waals surface area (Å²) >= 11 is 0. The van der Waals surface area contributed by atoms with Gasteiger partial charge in [0.05, 0.1) is 22.3 Å². The van der Waals surface area contributed by atoms with Gasteiger partial charge in [-0.05, 0) is 53.6 Å². The van der Waals surface area contributed by atoms with Gasteiger partial charge in [0.15, 0.2) is 22.9 Å². The van der Waals surface area contributed by atoms with E-state index < -0.39 is 34.9 Å². The van der Waals surface area contributed by atoms with E-state index in [-0.39, 0.29) is 11.1 Å². The van der Waals surface area contributed by atoms with E-state index in [9.17, 15) is 25.5 Å². The lowest BCUT2D eigenvalue weighted by Crippen LogP contribution is -2.33. The molecule has 7 aromatic carbocycles. The number of benzene rings is 7. The first-order valence-corrected chi connectivity index (χ1v) is 17.6. The maximum atomic E-state index is 10.7. The van der Waals surface area contributed by atoms with Gasteiger partial charge < -0.3 is 39.8 Å². The van der Waals surface area contributed by atoms with Crippen molar-refractivity contribution in [3.8, 4) is 45.6 Å². The third-order valence-corrected chi connectivity index (χ3v) is 10.2. The molecule has 1 unspecified atom stereocenters. The number of hydrogen-bond acceptors (Lipinski definition) is 9. The maximum Gasteiger partial charge on any atom is 0.208 e. The molecule has 0 spiro atoms. The number of furan rings is 1. The fraction of sp³-hybridized carbons (Fsp3) is 0.0222. The summed E-state index contributed by atoms with van der Waals surface area (Å²) in [6.45, 7) is 0. The monoisotopic (exact) mass is 722 g/mol. The summed E-state index contributed by atoms with van der Waals surface area (Å²) in [5.41, 5.74) is 6.83. The number of nitrogens with zero attached hydrogens (tertiary/aromatic N) is 3. The highest BCUT2D eigenvalue weighted by Crippen LogP contribution is 2.54. The Morgan fingerprint density at radius 3 is 1.87 bits per heavy atom. The van der Waals surface area contributed by atoms with Crippen molar-refractivity contribution in [1.29, 1.82) is 0 Å². The van der Waals surface area contributed by atoms with Gasteiger partial charge in [0.25, 0.3) is 0 Å². The summed E-state index contributed by atoms with van der Waals surface area (Å²) in [5.74, 6) is -3.59. The second-order valence-corrected chi connectivity index (χ2v) is 13.4. The number of phenolic OH excluding ortho intramolecular Hbond substituents is 5. The quantitative estimate of drug-likeness (QED) is 0.0764. The Morgan fingerprint density at radius 1 is 0.527 bits per heavy atom. The molecule has 0 saturated heterocycles. The molecular formula is C45H30N4O6. The van der Waals surface area contributed by atoms with Gasteiger partial charge >= 0.3 is 0 Å². The standard InChI is InChI=1S/C45H30N4O6/c50-37-36(38(51)40(53)41(54)39(37)52)25-12-8-13-26(22-25)44-46-43(24-10-2-1-3-11-24)47-45(48-44)27-20-21-35-31(23-27)30-16-9-19-34(42(30)55-35)49-32-17-6-4-14-28(32)29-15-5-7-18-33(29)49/h1-23,43,50-54H,(H,46,47,48). The topological polar surface area (TPSA) is 156 Å². The van der Waals surface area contributed by atoms with Crippen molar-refractivity contribution < 1.29 is 29.9 Å². The smallest absolute Gasteiger partial charge is 0.208 e. The third kappa shape index (κ3) is 4.96. The zero-order valence-corrected chi connectivity index (χ0v) is 28.8. The first-order valence-electron chi connectivity index (χ1n) is 17.6. The fourth-order valence-corrected chi connectivity index (χ4v) is 7.59. The number of para-hydroxylation sites is 3. The predicted octanol–water partition coefficient (Wildman–Crippen LogP) is 9.37. The maximum absolute atomic E-state index is 10.7. The number of aliphatic imine (C=N–C) groups is 2. The van der Waals surface area contributed by atoms with Crippen molar-refractivity contribution in [1.82, 2.24) is 9.88 Å².